The first-order valence-electron chi connectivity index (χ1n) is 10.7. The molecule has 0 bridgehead atoms. The minimum atomic E-state index is 0. The Hall–Kier alpha value is -3.66. The summed E-state index contributed by atoms with van der Waals surface area (Å²) in [5, 5.41) is 2.18. The molecule has 4 aromatic heterocycles. The number of nitrogens with zero attached hydrogens (tertiary/aromatic N) is 3. The van der Waals surface area contributed by atoms with Crippen LogP contribution in [0.5, 0.6) is 0 Å². The van der Waals surface area contributed by atoms with Crippen LogP contribution < -0.4 is 0 Å². The van der Waals surface area contributed by atoms with E-state index in [2.05, 4.69) is 39.3 Å². The fraction of sp³-hybridized carbons (Fsp3) is 0.0690. The molecule has 5 heteroatoms. The fourth-order valence-electron chi connectivity index (χ4n) is 3.63. The molecule has 2 aromatic carbocycles. The molecule has 0 saturated carbocycles. The van der Waals surface area contributed by atoms with Crippen LogP contribution in [0, 0.1) is 26.1 Å². The van der Waals surface area contributed by atoms with Crippen LogP contribution in [0.2, 0.25) is 0 Å². The first kappa shape index (κ1) is 23.5. The molecule has 4 nitrogen and oxygen atoms in total. The van der Waals surface area contributed by atoms with Gasteiger partial charge in [-0.1, -0.05) is 49.5 Å². The summed E-state index contributed by atoms with van der Waals surface area (Å²) < 4.78 is 5.79. The zero-order chi connectivity index (χ0) is 22.6. The van der Waals surface area contributed by atoms with E-state index in [-0.39, 0.29) is 20.1 Å². The van der Waals surface area contributed by atoms with Gasteiger partial charge in [0.25, 0.3) is 0 Å². The van der Waals surface area contributed by atoms with Crippen LogP contribution in [0.3, 0.4) is 0 Å². The molecule has 0 spiro atoms. The van der Waals surface area contributed by atoms with E-state index >= 15 is 0 Å². The number of aryl methyl sites for hydroxylation is 2. The zero-order valence-corrected chi connectivity index (χ0v) is 21.1. The monoisotopic (exact) mass is 620 g/mol. The van der Waals surface area contributed by atoms with E-state index in [0.29, 0.717) is 0 Å². The van der Waals surface area contributed by atoms with Gasteiger partial charge in [-0.15, -0.1) is 53.1 Å². The van der Waals surface area contributed by atoms with Crippen LogP contribution in [0.25, 0.3) is 44.5 Å². The van der Waals surface area contributed by atoms with Crippen LogP contribution >= 0.6 is 0 Å². The fourth-order valence-corrected chi connectivity index (χ4v) is 3.63. The standard InChI is InChI=1S/C17H11N2O.C12H10N.Ir/c1-11-6-7-18-9-14(11)15-8-13-12-4-2-3-5-16(12)20-17(13)10-19-15;1-10-7-8-12(13-9-10)11-5-3-2-4-6-11;/h2-8,10H,1H3;2-5,7-9H,1H3;/q2*-1;. The van der Waals surface area contributed by atoms with Gasteiger partial charge in [-0.25, -0.2) is 0 Å². The third-order valence-electron chi connectivity index (χ3n) is 5.39. The minimum absolute atomic E-state index is 0. The number of rotatable bonds is 2. The van der Waals surface area contributed by atoms with Gasteiger partial charge in [-0.2, -0.15) is 0 Å². The largest absolute Gasteiger partial charge is 0.455 e. The second-order valence-electron chi connectivity index (χ2n) is 7.78. The van der Waals surface area contributed by atoms with Crippen molar-refractivity contribution in [3.05, 3.63) is 115 Å². The second-order valence-corrected chi connectivity index (χ2v) is 7.78. The van der Waals surface area contributed by atoms with Crippen molar-refractivity contribution in [1.29, 1.82) is 0 Å². The van der Waals surface area contributed by atoms with E-state index in [1.165, 1.54) is 5.56 Å². The molecule has 1 radical (unpaired) electrons. The van der Waals surface area contributed by atoms with Gasteiger partial charge in [0, 0.05) is 37.1 Å². The van der Waals surface area contributed by atoms with Crippen LogP contribution in [-0.2, 0) is 20.1 Å². The van der Waals surface area contributed by atoms with Crippen molar-refractivity contribution in [3.8, 4) is 22.5 Å². The third-order valence-corrected chi connectivity index (χ3v) is 5.39. The van der Waals surface area contributed by atoms with E-state index in [9.17, 15) is 0 Å². The van der Waals surface area contributed by atoms with Crippen LogP contribution in [-0.4, -0.2) is 15.0 Å². The molecule has 0 unspecified atom stereocenters. The zero-order valence-electron chi connectivity index (χ0n) is 18.7. The number of para-hydroxylation sites is 1. The molecule has 6 rings (SSSR count). The maximum absolute atomic E-state index is 5.79. The van der Waals surface area contributed by atoms with Crippen molar-refractivity contribution < 1.29 is 24.5 Å². The van der Waals surface area contributed by atoms with Crippen molar-refractivity contribution in [1.82, 2.24) is 15.0 Å². The SMILES string of the molecule is Cc1ccc(-c2[c-]cccc2)nc1.Cc1ccn[c-]c1-c1cc2c(cn1)oc1ccccc12.[Ir]. The molecule has 0 aliphatic carbocycles. The maximum Gasteiger partial charge on any atom is 0.151 e. The van der Waals surface area contributed by atoms with E-state index in [4.69, 9.17) is 4.42 Å². The van der Waals surface area contributed by atoms with E-state index in [1.807, 2.05) is 80.7 Å². The summed E-state index contributed by atoms with van der Waals surface area (Å²) in [6, 6.07) is 27.1. The van der Waals surface area contributed by atoms with Gasteiger partial charge < -0.3 is 19.4 Å². The second kappa shape index (κ2) is 10.5. The van der Waals surface area contributed by atoms with Gasteiger partial charge in [0.15, 0.2) is 5.58 Å². The number of benzene rings is 2. The summed E-state index contributed by atoms with van der Waals surface area (Å²) in [6.45, 7) is 4.07. The van der Waals surface area contributed by atoms with Crippen LogP contribution in [0.1, 0.15) is 11.1 Å². The summed E-state index contributed by atoms with van der Waals surface area (Å²) in [5.41, 5.74) is 7.80. The summed E-state index contributed by atoms with van der Waals surface area (Å²) in [5.74, 6) is 0. The Balaban J connectivity index is 0.000000171. The molecule has 169 valence electrons. The average Bonchev–Trinajstić information content (AvgIpc) is 3.24. The molecular formula is C29H21IrN3O-2. The molecular weight excluding hydrogens is 599 g/mol. The third kappa shape index (κ3) is 4.96. The van der Waals surface area contributed by atoms with Gasteiger partial charge >= 0.3 is 0 Å². The van der Waals surface area contributed by atoms with Crippen molar-refractivity contribution >= 4 is 21.9 Å². The molecule has 0 fully saturated rings. The number of furan rings is 1. The van der Waals surface area contributed by atoms with Crippen molar-refractivity contribution in [2.75, 3.05) is 0 Å². The van der Waals surface area contributed by atoms with E-state index in [0.717, 1.165) is 50.0 Å². The Morgan fingerprint density at radius 3 is 2.35 bits per heavy atom. The molecule has 0 saturated heterocycles. The predicted molar refractivity (Wildman–Crippen MR) is 132 cm³/mol. The number of hydrogen-bond donors (Lipinski definition) is 0. The average molecular weight is 620 g/mol. The Morgan fingerprint density at radius 1 is 0.765 bits per heavy atom. The summed E-state index contributed by atoms with van der Waals surface area (Å²) in [4.78, 5) is 12.8. The molecule has 0 atom stereocenters. The molecule has 0 aliphatic heterocycles. The van der Waals surface area contributed by atoms with Crippen LogP contribution in [0.4, 0.5) is 0 Å². The smallest absolute Gasteiger partial charge is 0.151 e. The summed E-state index contributed by atoms with van der Waals surface area (Å²) >= 11 is 0. The Labute approximate surface area is 212 Å². The molecule has 4 heterocycles. The quantitative estimate of drug-likeness (QED) is 0.196. The van der Waals surface area contributed by atoms with Gasteiger partial charge in [0.05, 0.1) is 6.20 Å². The van der Waals surface area contributed by atoms with Crippen molar-refractivity contribution in [2.24, 2.45) is 0 Å². The van der Waals surface area contributed by atoms with Gasteiger partial charge in [-0.3, -0.25) is 0 Å². The normalized spacial score (nSPS) is 10.4. The minimum Gasteiger partial charge on any atom is -0.455 e. The molecule has 0 N–H and O–H groups in total. The summed E-state index contributed by atoms with van der Waals surface area (Å²) in [7, 11) is 0. The first-order chi connectivity index (χ1) is 16.2. The number of hydrogen-bond acceptors (Lipinski definition) is 4. The van der Waals surface area contributed by atoms with Crippen molar-refractivity contribution in [2.45, 2.75) is 13.8 Å². The topological polar surface area (TPSA) is 51.8 Å². The Kier molecular flexibility index (Phi) is 7.27. The van der Waals surface area contributed by atoms with Crippen molar-refractivity contribution in [3.63, 3.8) is 0 Å². The molecule has 0 aliphatic rings. The van der Waals surface area contributed by atoms with E-state index < -0.39 is 0 Å². The maximum atomic E-state index is 5.79. The summed E-state index contributed by atoms with van der Waals surface area (Å²) in [6.07, 6.45) is 8.40. The number of pyridine rings is 3. The van der Waals surface area contributed by atoms with Crippen LogP contribution in [0.15, 0.2) is 95.8 Å². The van der Waals surface area contributed by atoms with Gasteiger partial charge in [-0.05, 0) is 36.1 Å². The van der Waals surface area contributed by atoms with E-state index in [1.54, 1.807) is 12.4 Å². The van der Waals surface area contributed by atoms with Gasteiger partial charge in [0.1, 0.15) is 5.58 Å². The first-order valence-corrected chi connectivity index (χ1v) is 10.7. The Morgan fingerprint density at radius 2 is 1.59 bits per heavy atom. The predicted octanol–water partition coefficient (Wildman–Crippen LogP) is 7.01. The molecule has 0 amide bonds. The number of fused-ring (bicyclic) bond motifs is 3. The molecule has 6 aromatic rings. The van der Waals surface area contributed by atoms with Gasteiger partial charge in [0.2, 0.25) is 0 Å². The Bertz CT molecular complexity index is 1530. The molecule has 34 heavy (non-hydrogen) atoms. The number of aromatic nitrogens is 3.